The van der Waals surface area contributed by atoms with E-state index in [4.69, 9.17) is 14.2 Å². The molecule has 4 nitrogen and oxygen atoms in total. The van der Waals surface area contributed by atoms with Gasteiger partial charge in [0.25, 0.3) is 0 Å². The molecule has 0 spiro atoms. The zero-order chi connectivity index (χ0) is 19.8. The zero-order valence-corrected chi connectivity index (χ0v) is 16.1. The Labute approximate surface area is 165 Å². The lowest BCUT2D eigenvalue weighted by molar-refractivity contribution is -0.170. The second-order valence-electron chi connectivity index (χ2n) is 6.60. The maximum absolute atomic E-state index is 12.4. The number of benzene rings is 3. The molecule has 28 heavy (non-hydrogen) atoms. The zero-order valence-electron chi connectivity index (χ0n) is 16.1. The van der Waals surface area contributed by atoms with Crippen molar-refractivity contribution in [1.29, 1.82) is 0 Å². The summed E-state index contributed by atoms with van der Waals surface area (Å²) in [4.78, 5) is 12.4. The van der Waals surface area contributed by atoms with Crippen LogP contribution in [0.15, 0.2) is 84.9 Å². The Bertz CT molecular complexity index is 893. The molecular formula is C24H24O4. The van der Waals surface area contributed by atoms with Gasteiger partial charge in [-0.2, -0.15) is 0 Å². The second kappa shape index (κ2) is 9.20. The van der Waals surface area contributed by atoms with Crippen LogP contribution in [0.4, 0.5) is 0 Å². The second-order valence-corrected chi connectivity index (χ2v) is 6.60. The molecule has 0 aromatic heterocycles. The Balaban J connectivity index is 1.69. The molecule has 0 radical (unpaired) electrons. The number of esters is 1. The molecule has 4 heteroatoms. The molecule has 0 N–H and O–H groups in total. The van der Waals surface area contributed by atoms with Gasteiger partial charge in [0.1, 0.15) is 12.4 Å². The van der Waals surface area contributed by atoms with E-state index in [0.717, 1.165) is 22.4 Å². The minimum Gasteiger partial charge on any atom is -0.489 e. The van der Waals surface area contributed by atoms with Crippen LogP contribution in [0.3, 0.4) is 0 Å². The molecule has 0 aliphatic carbocycles. The minimum atomic E-state index is -1.18. The highest BCUT2D eigenvalue weighted by Gasteiger charge is 2.37. The smallest absolute Gasteiger partial charge is 0.342 e. The molecule has 0 heterocycles. The van der Waals surface area contributed by atoms with Gasteiger partial charge in [-0.3, -0.25) is 0 Å². The van der Waals surface area contributed by atoms with Crippen LogP contribution in [0.5, 0.6) is 5.75 Å². The third-order valence-electron chi connectivity index (χ3n) is 4.57. The number of ether oxygens (including phenoxy) is 3. The van der Waals surface area contributed by atoms with E-state index in [1.165, 1.54) is 7.11 Å². The van der Waals surface area contributed by atoms with Crippen LogP contribution in [0.25, 0.3) is 0 Å². The van der Waals surface area contributed by atoms with Gasteiger partial charge in [0.05, 0.1) is 13.7 Å². The van der Waals surface area contributed by atoms with Gasteiger partial charge >= 0.3 is 5.97 Å². The maximum atomic E-state index is 12.4. The van der Waals surface area contributed by atoms with Crippen LogP contribution in [-0.4, -0.2) is 13.1 Å². The first-order valence-corrected chi connectivity index (χ1v) is 9.15. The molecule has 1 atom stereocenters. The molecule has 3 rings (SSSR count). The van der Waals surface area contributed by atoms with Gasteiger partial charge in [-0.05, 0) is 35.7 Å². The summed E-state index contributed by atoms with van der Waals surface area (Å²) in [6.45, 7) is 2.47. The minimum absolute atomic E-state index is 0.253. The van der Waals surface area contributed by atoms with Gasteiger partial charge in [0, 0.05) is 0 Å². The highest BCUT2D eigenvalue weighted by molar-refractivity contribution is 5.80. The average Bonchev–Trinajstić information content (AvgIpc) is 2.77. The van der Waals surface area contributed by atoms with E-state index in [-0.39, 0.29) is 6.61 Å². The molecule has 0 aliphatic heterocycles. The largest absolute Gasteiger partial charge is 0.489 e. The van der Waals surface area contributed by atoms with Crippen LogP contribution in [0.2, 0.25) is 0 Å². The quantitative estimate of drug-likeness (QED) is 0.526. The Morgan fingerprint density at radius 2 is 1.46 bits per heavy atom. The summed E-state index contributed by atoms with van der Waals surface area (Å²) in [5.74, 6) is 0.319. The molecule has 3 aromatic rings. The van der Waals surface area contributed by atoms with Crippen LogP contribution in [-0.2, 0) is 33.1 Å². The van der Waals surface area contributed by atoms with Crippen LogP contribution in [0, 0.1) is 0 Å². The molecule has 0 saturated heterocycles. The lowest BCUT2D eigenvalue weighted by atomic mass is 9.96. The van der Waals surface area contributed by atoms with Crippen molar-refractivity contribution < 1.29 is 19.0 Å². The molecule has 0 bridgehead atoms. The summed E-state index contributed by atoms with van der Waals surface area (Å²) in [5, 5.41) is 0. The summed E-state index contributed by atoms with van der Waals surface area (Å²) in [6, 6.07) is 27.0. The summed E-state index contributed by atoms with van der Waals surface area (Å²) >= 11 is 0. The standard InChI is InChI=1S/C24H24O4/c1-24(23(25)26-2,21-13-7-4-8-14-21)28-18-20-12-9-15-22(16-20)27-17-19-10-5-3-6-11-19/h3-16H,17-18H2,1-2H3. The Hall–Kier alpha value is -3.11. The van der Waals surface area contributed by atoms with Gasteiger partial charge in [0.15, 0.2) is 5.60 Å². The molecule has 144 valence electrons. The van der Waals surface area contributed by atoms with Crippen molar-refractivity contribution in [2.75, 3.05) is 7.11 Å². The molecule has 0 aliphatic rings. The van der Waals surface area contributed by atoms with E-state index in [9.17, 15) is 4.79 Å². The van der Waals surface area contributed by atoms with Gasteiger partial charge in [-0.1, -0.05) is 72.8 Å². The SMILES string of the molecule is COC(=O)C(C)(OCc1cccc(OCc2ccccc2)c1)c1ccccc1. The van der Waals surface area contributed by atoms with E-state index in [2.05, 4.69) is 0 Å². The number of carbonyl (C=O) groups is 1. The maximum Gasteiger partial charge on any atom is 0.342 e. The van der Waals surface area contributed by atoms with Gasteiger partial charge < -0.3 is 14.2 Å². The van der Waals surface area contributed by atoms with Crippen molar-refractivity contribution in [2.24, 2.45) is 0 Å². The monoisotopic (exact) mass is 376 g/mol. The first kappa shape index (κ1) is 19.6. The van der Waals surface area contributed by atoms with Crippen molar-refractivity contribution in [1.82, 2.24) is 0 Å². The molecule has 0 saturated carbocycles. The summed E-state index contributed by atoms with van der Waals surface area (Å²) < 4.78 is 16.9. The first-order chi connectivity index (χ1) is 13.6. The normalized spacial score (nSPS) is 12.8. The van der Waals surface area contributed by atoms with E-state index in [0.29, 0.717) is 6.61 Å². The first-order valence-electron chi connectivity index (χ1n) is 9.15. The fourth-order valence-electron chi connectivity index (χ4n) is 2.90. The number of rotatable bonds is 8. The van der Waals surface area contributed by atoms with E-state index in [1.54, 1.807) is 6.92 Å². The Morgan fingerprint density at radius 1 is 0.821 bits per heavy atom. The van der Waals surface area contributed by atoms with Gasteiger partial charge in [-0.25, -0.2) is 4.79 Å². The number of carbonyl (C=O) groups excluding carboxylic acids is 1. The summed E-state index contributed by atoms with van der Waals surface area (Å²) in [7, 11) is 1.37. The summed E-state index contributed by atoms with van der Waals surface area (Å²) in [5.41, 5.74) is 1.58. The fraction of sp³-hybridized carbons (Fsp3) is 0.208. The van der Waals surface area contributed by atoms with E-state index >= 15 is 0 Å². The molecule has 3 aromatic carbocycles. The lowest BCUT2D eigenvalue weighted by Gasteiger charge is -2.27. The van der Waals surface area contributed by atoms with Crippen molar-refractivity contribution in [3.05, 3.63) is 102 Å². The van der Waals surface area contributed by atoms with Crippen LogP contribution >= 0.6 is 0 Å². The van der Waals surface area contributed by atoms with Crippen molar-refractivity contribution >= 4 is 5.97 Å². The average molecular weight is 376 g/mol. The van der Waals surface area contributed by atoms with E-state index < -0.39 is 11.6 Å². The third kappa shape index (κ3) is 4.78. The van der Waals surface area contributed by atoms with Crippen molar-refractivity contribution in [2.45, 2.75) is 25.7 Å². The summed E-state index contributed by atoms with van der Waals surface area (Å²) in [6.07, 6.45) is 0. The number of hydrogen-bond donors (Lipinski definition) is 0. The topological polar surface area (TPSA) is 44.8 Å². The lowest BCUT2D eigenvalue weighted by Crippen LogP contribution is -2.36. The van der Waals surface area contributed by atoms with Crippen molar-refractivity contribution in [3.8, 4) is 5.75 Å². The van der Waals surface area contributed by atoms with Crippen molar-refractivity contribution in [3.63, 3.8) is 0 Å². The molecule has 0 fully saturated rings. The Morgan fingerprint density at radius 3 is 2.14 bits per heavy atom. The van der Waals surface area contributed by atoms with Crippen LogP contribution in [0.1, 0.15) is 23.6 Å². The third-order valence-corrected chi connectivity index (χ3v) is 4.57. The predicted molar refractivity (Wildman–Crippen MR) is 108 cm³/mol. The number of methoxy groups -OCH3 is 1. The Kier molecular flexibility index (Phi) is 6.45. The van der Waals surface area contributed by atoms with Gasteiger partial charge in [0.2, 0.25) is 0 Å². The van der Waals surface area contributed by atoms with E-state index in [1.807, 2.05) is 84.9 Å². The molecule has 0 amide bonds. The molecular weight excluding hydrogens is 352 g/mol. The number of hydrogen-bond acceptors (Lipinski definition) is 4. The predicted octanol–water partition coefficient (Wildman–Crippen LogP) is 4.87. The highest BCUT2D eigenvalue weighted by Crippen LogP contribution is 2.28. The van der Waals surface area contributed by atoms with Gasteiger partial charge in [-0.15, -0.1) is 0 Å². The fourth-order valence-corrected chi connectivity index (χ4v) is 2.90. The van der Waals surface area contributed by atoms with Crippen LogP contribution < -0.4 is 4.74 Å². The molecule has 1 unspecified atom stereocenters. The highest BCUT2D eigenvalue weighted by atomic mass is 16.6.